The molecule has 32 heavy (non-hydrogen) atoms. The van der Waals surface area contributed by atoms with Crippen molar-refractivity contribution in [2.45, 2.75) is 56.9 Å². The molecule has 0 spiro atoms. The number of carbonyl (C=O) groups excluding carboxylic acids is 3. The molecule has 2 saturated heterocycles. The van der Waals surface area contributed by atoms with Crippen LogP contribution >= 0.6 is 0 Å². The fourth-order valence-electron chi connectivity index (χ4n) is 5.99. The van der Waals surface area contributed by atoms with Gasteiger partial charge in [0.15, 0.2) is 9.84 Å². The number of benzene rings is 1. The number of piperidine rings is 1. The molecule has 172 valence electrons. The van der Waals surface area contributed by atoms with Gasteiger partial charge in [0.1, 0.15) is 6.04 Å². The number of fused-ring (bicyclic) bond motifs is 3. The third kappa shape index (κ3) is 3.84. The zero-order chi connectivity index (χ0) is 22.6. The quantitative estimate of drug-likeness (QED) is 0.524. The molecule has 10 heteroatoms. The number of sulfone groups is 1. The molecular weight excluding hydrogens is 432 g/mol. The highest BCUT2D eigenvalue weighted by Gasteiger charge is 2.45. The summed E-state index contributed by atoms with van der Waals surface area (Å²) in [7, 11) is -3.04. The molecule has 3 atom stereocenters. The Morgan fingerprint density at radius 3 is 2.53 bits per heavy atom. The SMILES string of the molecule is NC1CC2CS(=O)(=O)CC(C1)C2NCc1cccc2c1CN(C1CCC(=O)NC1=O)C2=O. The molecule has 3 unspecified atom stereocenters. The molecule has 3 aliphatic heterocycles. The fraction of sp³-hybridized carbons (Fsp3) is 0.591. The molecule has 1 aromatic carbocycles. The molecule has 1 saturated carbocycles. The van der Waals surface area contributed by atoms with E-state index in [2.05, 4.69) is 10.6 Å². The lowest BCUT2D eigenvalue weighted by molar-refractivity contribution is -0.136. The molecule has 2 bridgehead atoms. The molecule has 4 aliphatic rings. The Balaban J connectivity index is 1.32. The largest absolute Gasteiger partial charge is 0.328 e. The first-order valence-corrected chi connectivity index (χ1v) is 13.0. The van der Waals surface area contributed by atoms with E-state index in [1.165, 1.54) is 0 Å². The Morgan fingerprint density at radius 1 is 1.12 bits per heavy atom. The van der Waals surface area contributed by atoms with E-state index in [1.807, 2.05) is 12.1 Å². The van der Waals surface area contributed by atoms with Crippen LogP contribution in [0.2, 0.25) is 0 Å². The topological polar surface area (TPSA) is 139 Å². The number of hydrogen-bond donors (Lipinski definition) is 3. The van der Waals surface area contributed by atoms with Crippen LogP contribution in [-0.2, 0) is 32.5 Å². The first kappa shape index (κ1) is 21.5. The van der Waals surface area contributed by atoms with Crippen LogP contribution in [0.3, 0.4) is 0 Å². The zero-order valence-corrected chi connectivity index (χ0v) is 18.6. The highest BCUT2D eigenvalue weighted by atomic mass is 32.2. The monoisotopic (exact) mass is 460 g/mol. The van der Waals surface area contributed by atoms with Gasteiger partial charge in [0, 0.05) is 37.2 Å². The van der Waals surface area contributed by atoms with E-state index in [-0.39, 0.29) is 53.7 Å². The van der Waals surface area contributed by atoms with Crippen molar-refractivity contribution in [3.63, 3.8) is 0 Å². The summed E-state index contributed by atoms with van der Waals surface area (Å²) in [4.78, 5) is 38.3. The van der Waals surface area contributed by atoms with Gasteiger partial charge in [-0.1, -0.05) is 12.1 Å². The minimum Gasteiger partial charge on any atom is -0.328 e. The van der Waals surface area contributed by atoms with E-state index in [0.29, 0.717) is 37.9 Å². The molecule has 0 radical (unpaired) electrons. The van der Waals surface area contributed by atoms with Crippen LogP contribution in [-0.4, -0.2) is 60.7 Å². The highest BCUT2D eigenvalue weighted by Crippen LogP contribution is 2.36. The molecule has 9 nitrogen and oxygen atoms in total. The molecular formula is C22H28N4O5S. The summed E-state index contributed by atoms with van der Waals surface area (Å²) in [6, 6.07) is 5.06. The standard InChI is InChI=1S/C22H28N4O5S/c23-15-6-13-10-32(30,31)11-14(7-15)20(13)24-8-12-2-1-3-16-17(12)9-26(22(16)29)18-4-5-19(27)25-21(18)28/h1-3,13-15,18,20,24H,4-11,23H2,(H,25,27,28). The maximum atomic E-state index is 13.0. The Kier molecular flexibility index (Phi) is 5.34. The van der Waals surface area contributed by atoms with Crippen LogP contribution in [0, 0.1) is 11.8 Å². The number of rotatable bonds is 4. The number of amides is 3. The molecule has 3 fully saturated rings. The molecule has 0 aromatic heterocycles. The number of carbonyl (C=O) groups is 3. The van der Waals surface area contributed by atoms with Crippen LogP contribution in [0.25, 0.3) is 0 Å². The van der Waals surface area contributed by atoms with Crippen molar-refractivity contribution in [2.75, 3.05) is 11.5 Å². The van der Waals surface area contributed by atoms with E-state index in [9.17, 15) is 22.8 Å². The van der Waals surface area contributed by atoms with E-state index in [0.717, 1.165) is 11.1 Å². The smallest absolute Gasteiger partial charge is 0.255 e. The third-order valence-corrected chi connectivity index (χ3v) is 9.24. The van der Waals surface area contributed by atoms with Gasteiger partial charge in [-0.25, -0.2) is 8.42 Å². The third-order valence-electron chi connectivity index (χ3n) is 7.37. The molecule has 3 amide bonds. The molecule has 3 heterocycles. The Bertz CT molecular complexity index is 1070. The lowest BCUT2D eigenvalue weighted by Gasteiger charge is -2.45. The van der Waals surface area contributed by atoms with Gasteiger partial charge in [-0.15, -0.1) is 0 Å². The van der Waals surface area contributed by atoms with Crippen LogP contribution in [0.4, 0.5) is 0 Å². The van der Waals surface area contributed by atoms with Gasteiger partial charge in [-0.2, -0.15) is 0 Å². The van der Waals surface area contributed by atoms with Gasteiger partial charge < -0.3 is 16.0 Å². The van der Waals surface area contributed by atoms with Crippen molar-refractivity contribution in [1.82, 2.24) is 15.5 Å². The second kappa shape index (κ2) is 7.93. The first-order chi connectivity index (χ1) is 15.2. The predicted molar refractivity (Wildman–Crippen MR) is 116 cm³/mol. The summed E-state index contributed by atoms with van der Waals surface area (Å²) >= 11 is 0. The predicted octanol–water partition coefficient (Wildman–Crippen LogP) is -0.312. The Labute approximate surface area is 187 Å². The number of imide groups is 1. The van der Waals surface area contributed by atoms with Gasteiger partial charge in [-0.3, -0.25) is 19.7 Å². The average molecular weight is 461 g/mol. The minimum absolute atomic E-state index is 0.000799. The first-order valence-electron chi connectivity index (χ1n) is 11.2. The normalized spacial score (nSPS) is 33.7. The van der Waals surface area contributed by atoms with Gasteiger partial charge >= 0.3 is 0 Å². The molecule has 5 rings (SSSR count). The van der Waals surface area contributed by atoms with Crippen molar-refractivity contribution in [3.8, 4) is 0 Å². The minimum atomic E-state index is -3.04. The van der Waals surface area contributed by atoms with E-state index >= 15 is 0 Å². The van der Waals surface area contributed by atoms with Crippen molar-refractivity contribution in [1.29, 1.82) is 0 Å². The summed E-state index contributed by atoms with van der Waals surface area (Å²) in [6.45, 7) is 0.849. The molecule has 4 N–H and O–H groups in total. The van der Waals surface area contributed by atoms with Crippen molar-refractivity contribution >= 4 is 27.6 Å². The van der Waals surface area contributed by atoms with Gasteiger partial charge in [0.05, 0.1) is 11.5 Å². The second-order valence-corrected chi connectivity index (χ2v) is 11.7. The van der Waals surface area contributed by atoms with Crippen molar-refractivity contribution in [3.05, 3.63) is 34.9 Å². The van der Waals surface area contributed by atoms with Crippen LogP contribution < -0.4 is 16.4 Å². The van der Waals surface area contributed by atoms with Gasteiger partial charge in [0.25, 0.3) is 5.91 Å². The van der Waals surface area contributed by atoms with Crippen molar-refractivity contribution < 1.29 is 22.8 Å². The Morgan fingerprint density at radius 2 is 1.84 bits per heavy atom. The zero-order valence-electron chi connectivity index (χ0n) is 17.7. The van der Waals surface area contributed by atoms with E-state index in [1.54, 1.807) is 11.0 Å². The second-order valence-electron chi connectivity index (χ2n) is 9.58. The Hall–Kier alpha value is -2.30. The maximum Gasteiger partial charge on any atom is 0.255 e. The number of nitrogens with one attached hydrogen (secondary N) is 2. The summed E-state index contributed by atoms with van der Waals surface area (Å²) < 4.78 is 24.5. The van der Waals surface area contributed by atoms with E-state index < -0.39 is 21.8 Å². The van der Waals surface area contributed by atoms with Crippen LogP contribution in [0.5, 0.6) is 0 Å². The van der Waals surface area contributed by atoms with Gasteiger partial charge in [0.2, 0.25) is 11.8 Å². The summed E-state index contributed by atoms with van der Waals surface area (Å²) in [5.74, 6) is -0.577. The highest BCUT2D eigenvalue weighted by molar-refractivity contribution is 7.91. The number of nitrogens with two attached hydrogens (primary N) is 1. The summed E-state index contributed by atoms with van der Waals surface area (Å²) in [5.41, 5.74) is 8.61. The average Bonchev–Trinajstić information content (AvgIpc) is 3.03. The lowest BCUT2D eigenvalue weighted by atomic mass is 9.75. The van der Waals surface area contributed by atoms with Gasteiger partial charge in [-0.05, 0) is 48.3 Å². The van der Waals surface area contributed by atoms with Crippen molar-refractivity contribution in [2.24, 2.45) is 17.6 Å². The maximum absolute atomic E-state index is 13.0. The summed E-state index contributed by atoms with van der Waals surface area (Å²) in [6.07, 6.45) is 1.95. The molecule has 1 aliphatic carbocycles. The number of hydrogen-bond acceptors (Lipinski definition) is 7. The summed E-state index contributed by atoms with van der Waals surface area (Å²) in [5, 5.41) is 5.90. The fourth-order valence-corrected chi connectivity index (χ4v) is 8.12. The van der Waals surface area contributed by atoms with Crippen LogP contribution in [0.1, 0.15) is 47.2 Å². The van der Waals surface area contributed by atoms with E-state index in [4.69, 9.17) is 5.73 Å². The molecule has 1 aromatic rings. The van der Waals surface area contributed by atoms with Crippen LogP contribution in [0.15, 0.2) is 18.2 Å². The number of nitrogens with zero attached hydrogens (tertiary/aromatic N) is 1. The lowest BCUT2D eigenvalue weighted by Crippen LogP contribution is -2.57.